The fraction of sp³-hybridized carbons (Fsp3) is 0.300. The topological polar surface area (TPSA) is 59.0 Å². The molecular weight excluding hydrogens is 401 g/mol. The summed E-state index contributed by atoms with van der Waals surface area (Å²) in [5.41, 5.74) is 1.76. The van der Waals surface area contributed by atoms with E-state index in [4.69, 9.17) is 0 Å². The molecule has 2 aromatic heterocycles. The number of amides is 1. The highest BCUT2D eigenvalue weighted by Gasteiger charge is 2.46. The van der Waals surface area contributed by atoms with Crippen LogP contribution in [0.1, 0.15) is 45.0 Å². The first-order chi connectivity index (χ1) is 13.8. The van der Waals surface area contributed by atoms with Crippen molar-refractivity contribution >= 4 is 23.1 Å². The van der Waals surface area contributed by atoms with Gasteiger partial charge in [-0.1, -0.05) is 35.9 Å². The quantitative estimate of drug-likeness (QED) is 0.635. The second kappa shape index (κ2) is 7.55. The molecule has 1 aromatic carbocycles. The molecule has 4 rings (SSSR count). The van der Waals surface area contributed by atoms with E-state index in [2.05, 4.69) is 15.7 Å². The van der Waals surface area contributed by atoms with Gasteiger partial charge in [-0.3, -0.25) is 4.79 Å². The number of nitrogens with zero attached hydrogens (tertiary/aromatic N) is 2. The normalized spacial score (nSPS) is 18.8. The summed E-state index contributed by atoms with van der Waals surface area (Å²) in [6.07, 6.45) is -4.67. The maximum atomic E-state index is 13.7. The molecule has 5 nitrogen and oxygen atoms in total. The molecule has 152 valence electrons. The number of carbonyl (C=O) groups is 1. The Labute approximate surface area is 169 Å². The molecule has 0 radical (unpaired) electrons. The van der Waals surface area contributed by atoms with Crippen molar-refractivity contribution in [3.63, 3.8) is 0 Å². The highest BCUT2D eigenvalue weighted by Crippen LogP contribution is 2.43. The standard InChI is InChI=1S/C20H19F3N4OS/c1-12-4-6-13(7-5-12)15-9-17(20(21,22)23)27-18(25-15)10-16(26-27)19(28)24-11-14-3-2-8-29-14/h2-8,10,15,17,25H,9,11H2,1H3,(H,24,28). The number of aromatic nitrogens is 2. The lowest BCUT2D eigenvalue weighted by atomic mass is 9.96. The van der Waals surface area contributed by atoms with Gasteiger partial charge in [-0.2, -0.15) is 18.3 Å². The van der Waals surface area contributed by atoms with E-state index in [9.17, 15) is 18.0 Å². The van der Waals surface area contributed by atoms with Crippen LogP contribution in [-0.4, -0.2) is 21.9 Å². The lowest BCUT2D eigenvalue weighted by Gasteiger charge is -2.33. The van der Waals surface area contributed by atoms with E-state index in [1.807, 2.05) is 48.7 Å². The van der Waals surface area contributed by atoms with Gasteiger partial charge in [0.05, 0.1) is 12.6 Å². The highest BCUT2D eigenvalue weighted by molar-refractivity contribution is 7.09. The van der Waals surface area contributed by atoms with E-state index < -0.39 is 24.2 Å². The van der Waals surface area contributed by atoms with E-state index in [-0.39, 0.29) is 17.9 Å². The van der Waals surface area contributed by atoms with Crippen molar-refractivity contribution in [2.45, 2.75) is 38.1 Å². The Morgan fingerprint density at radius 3 is 2.72 bits per heavy atom. The zero-order valence-corrected chi connectivity index (χ0v) is 16.3. The zero-order chi connectivity index (χ0) is 20.6. The number of anilines is 1. The molecule has 3 aromatic rings. The third kappa shape index (κ3) is 4.14. The van der Waals surface area contributed by atoms with Crippen LogP contribution in [0.2, 0.25) is 0 Å². The zero-order valence-electron chi connectivity index (χ0n) is 15.5. The average molecular weight is 420 g/mol. The molecule has 2 atom stereocenters. The Balaban J connectivity index is 1.59. The van der Waals surface area contributed by atoms with Crippen molar-refractivity contribution in [1.29, 1.82) is 0 Å². The third-order valence-electron chi connectivity index (χ3n) is 4.91. The van der Waals surface area contributed by atoms with Crippen LogP contribution in [0.5, 0.6) is 0 Å². The number of rotatable bonds is 4. The van der Waals surface area contributed by atoms with Crippen LogP contribution in [-0.2, 0) is 6.54 Å². The summed E-state index contributed by atoms with van der Waals surface area (Å²) in [6.45, 7) is 2.23. The number of fused-ring (bicyclic) bond motifs is 1. The third-order valence-corrected chi connectivity index (χ3v) is 5.78. The van der Waals surface area contributed by atoms with Gasteiger partial charge >= 0.3 is 6.18 Å². The minimum absolute atomic E-state index is 0.0390. The minimum Gasteiger partial charge on any atom is -0.363 e. The summed E-state index contributed by atoms with van der Waals surface area (Å²) in [4.78, 5) is 13.4. The van der Waals surface area contributed by atoms with E-state index >= 15 is 0 Å². The van der Waals surface area contributed by atoms with Crippen molar-refractivity contribution in [3.8, 4) is 0 Å². The smallest absolute Gasteiger partial charge is 0.363 e. The number of thiophene rings is 1. The van der Waals surface area contributed by atoms with Crippen LogP contribution in [0, 0.1) is 6.92 Å². The number of carbonyl (C=O) groups excluding carboxylic acids is 1. The Bertz CT molecular complexity index is 996. The van der Waals surface area contributed by atoms with Crippen molar-refractivity contribution < 1.29 is 18.0 Å². The van der Waals surface area contributed by atoms with Crippen LogP contribution >= 0.6 is 11.3 Å². The first-order valence-corrected chi connectivity index (χ1v) is 9.99. The predicted molar refractivity (Wildman–Crippen MR) is 105 cm³/mol. The summed E-state index contributed by atoms with van der Waals surface area (Å²) < 4.78 is 42.1. The number of alkyl halides is 3. The molecule has 2 N–H and O–H groups in total. The minimum atomic E-state index is -4.48. The maximum absolute atomic E-state index is 13.7. The van der Waals surface area contributed by atoms with Crippen LogP contribution in [0.25, 0.3) is 0 Å². The van der Waals surface area contributed by atoms with Gasteiger partial charge < -0.3 is 10.6 Å². The van der Waals surface area contributed by atoms with Crippen molar-refractivity contribution in [3.05, 3.63) is 69.5 Å². The Morgan fingerprint density at radius 1 is 1.31 bits per heavy atom. The van der Waals surface area contributed by atoms with Gasteiger partial charge in [0.2, 0.25) is 0 Å². The predicted octanol–water partition coefficient (Wildman–Crippen LogP) is 4.84. The lowest BCUT2D eigenvalue weighted by molar-refractivity contribution is -0.173. The molecule has 1 aliphatic rings. The molecule has 29 heavy (non-hydrogen) atoms. The Hall–Kier alpha value is -2.81. The largest absolute Gasteiger partial charge is 0.410 e. The highest BCUT2D eigenvalue weighted by atomic mass is 32.1. The average Bonchev–Trinajstić information content (AvgIpc) is 3.34. The van der Waals surface area contributed by atoms with Crippen molar-refractivity contribution in [2.75, 3.05) is 5.32 Å². The molecule has 9 heteroatoms. The number of aryl methyl sites for hydroxylation is 1. The molecule has 0 bridgehead atoms. The summed E-state index contributed by atoms with van der Waals surface area (Å²) in [5, 5.41) is 11.7. The van der Waals surface area contributed by atoms with Gasteiger partial charge in [0.1, 0.15) is 5.82 Å². The van der Waals surface area contributed by atoms with Crippen LogP contribution in [0.15, 0.2) is 47.8 Å². The molecule has 3 heterocycles. The maximum Gasteiger partial charge on any atom is 0.410 e. The fourth-order valence-corrected chi connectivity index (χ4v) is 4.02. The monoisotopic (exact) mass is 420 g/mol. The molecule has 0 aliphatic carbocycles. The molecule has 1 amide bonds. The van der Waals surface area contributed by atoms with Crippen molar-refractivity contribution in [2.24, 2.45) is 0 Å². The molecular formula is C20H19F3N4OS. The second-order valence-corrected chi connectivity index (χ2v) is 8.05. The van der Waals surface area contributed by atoms with Gasteiger partial charge in [0.15, 0.2) is 11.7 Å². The molecule has 0 fully saturated rings. The number of hydrogen-bond acceptors (Lipinski definition) is 4. The van der Waals surface area contributed by atoms with E-state index in [1.54, 1.807) is 0 Å². The summed E-state index contributed by atoms with van der Waals surface area (Å²) in [7, 11) is 0. The lowest BCUT2D eigenvalue weighted by Crippen LogP contribution is -2.35. The first kappa shape index (κ1) is 19.5. The number of benzene rings is 1. The van der Waals surface area contributed by atoms with Crippen LogP contribution < -0.4 is 10.6 Å². The van der Waals surface area contributed by atoms with Gasteiger partial charge in [0, 0.05) is 17.4 Å². The first-order valence-electron chi connectivity index (χ1n) is 9.11. The molecule has 0 spiro atoms. The number of halogens is 3. The summed E-state index contributed by atoms with van der Waals surface area (Å²) in [6, 6.07) is 10.2. The summed E-state index contributed by atoms with van der Waals surface area (Å²) >= 11 is 1.49. The Morgan fingerprint density at radius 2 is 2.07 bits per heavy atom. The van der Waals surface area contributed by atoms with E-state index in [0.29, 0.717) is 6.54 Å². The van der Waals surface area contributed by atoms with Gasteiger partial charge in [-0.05, 0) is 23.9 Å². The van der Waals surface area contributed by atoms with Crippen LogP contribution in [0.3, 0.4) is 0 Å². The molecule has 0 saturated carbocycles. The van der Waals surface area contributed by atoms with Gasteiger partial charge in [0.25, 0.3) is 5.91 Å². The fourth-order valence-electron chi connectivity index (χ4n) is 3.37. The molecule has 2 unspecified atom stereocenters. The number of nitrogens with one attached hydrogen (secondary N) is 2. The molecule has 1 aliphatic heterocycles. The van der Waals surface area contributed by atoms with E-state index in [0.717, 1.165) is 20.7 Å². The van der Waals surface area contributed by atoms with E-state index in [1.165, 1.54) is 17.4 Å². The van der Waals surface area contributed by atoms with Gasteiger partial charge in [-0.25, -0.2) is 4.68 Å². The summed E-state index contributed by atoms with van der Waals surface area (Å²) in [5.74, 6) is -0.319. The van der Waals surface area contributed by atoms with Crippen LogP contribution in [0.4, 0.5) is 19.0 Å². The van der Waals surface area contributed by atoms with Gasteiger partial charge in [-0.15, -0.1) is 11.3 Å². The SMILES string of the molecule is Cc1ccc(C2CC(C(F)(F)F)n3nc(C(=O)NCc4cccs4)cc3N2)cc1. The van der Waals surface area contributed by atoms with Crippen molar-refractivity contribution in [1.82, 2.24) is 15.1 Å². The molecule has 0 saturated heterocycles. The Kier molecular flexibility index (Phi) is 5.08. The number of hydrogen-bond donors (Lipinski definition) is 2. The second-order valence-electron chi connectivity index (χ2n) is 7.02.